The Morgan fingerprint density at radius 2 is 1.90 bits per heavy atom. The highest BCUT2D eigenvalue weighted by atomic mass is 19.4. The SMILES string of the molecule is C=C1CCCN(c2cc(CC)cc(C(F)(F)F)c2)CC1. The van der Waals surface area contributed by atoms with Gasteiger partial charge in [-0.2, -0.15) is 13.2 Å². The van der Waals surface area contributed by atoms with Crippen molar-refractivity contribution in [2.45, 2.75) is 38.8 Å². The lowest BCUT2D eigenvalue weighted by Gasteiger charge is -2.24. The molecule has 1 aromatic carbocycles. The minimum Gasteiger partial charge on any atom is -0.371 e. The van der Waals surface area contributed by atoms with Crippen LogP contribution in [-0.4, -0.2) is 13.1 Å². The summed E-state index contributed by atoms with van der Waals surface area (Å²) in [6.45, 7) is 7.41. The Hall–Kier alpha value is -1.45. The van der Waals surface area contributed by atoms with Gasteiger partial charge in [0.2, 0.25) is 0 Å². The molecule has 0 amide bonds. The minimum atomic E-state index is -4.28. The third kappa shape index (κ3) is 3.56. The van der Waals surface area contributed by atoms with Crippen molar-refractivity contribution < 1.29 is 13.2 Å². The van der Waals surface area contributed by atoms with E-state index in [2.05, 4.69) is 6.58 Å². The molecule has 0 saturated carbocycles. The lowest BCUT2D eigenvalue weighted by atomic mass is 10.1. The number of nitrogens with zero attached hydrogens (tertiary/aromatic N) is 1. The van der Waals surface area contributed by atoms with E-state index < -0.39 is 11.7 Å². The maximum Gasteiger partial charge on any atom is 0.416 e. The minimum absolute atomic E-state index is 0.546. The zero-order valence-electron chi connectivity index (χ0n) is 11.8. The molecule has 1 aliphatic rings. The third-order valence-corrected chi connectivity index (χ3v) is 3.77. The van der Waals surface area contributed by atoms with Crippen molar-refractivity contribution in [3.05, 3.63) is 41.5 Å². The summed E-state index contributed by atoms with van der Waals surface area (Å²) >= 11 is 0. The van der Waals surface area contributed by atoms with Crippen molar-refractivity contribution in [3.8, 4) is 0 Å². The van der Waals surface area contributed by atoms with Gasteiger partial charge in [0.25, 0.3) is 0 Å². The first kappa shape index (κ1) is 14.9. The summed E-state index contributed by atoms with van der Waals surface area (Å²) in [6, 6.07) is 4.40. The second-order valence-electron chi connectivity index (χ2n) is 5.33. The quantitative estimate of drug-likeness (QED) is 0.704. The fourth-order valence-electron chi connectivity index (χ4n) is 2.53. The van der Waals surface area contributed by atoms with Gasteiger partial charge in [0.05, 0.1) is 5.56 Å². The molecular weight excluding hydrogens is 263 g/mol. The normalized spacial score (nSPS) is 17.2. The van der Waals surface area contributed by atoms with Crippen LogP contribution in [0.1, 0.15) is 37.3 Å². The second kappa shape index (κ2) is 5.90. The molecule has 1 saturated heterocycles. The number of anilines is 1. The molecular formula is C16H20F3N. The summed E-state index contributed by atoms with van der Waals surface area (Å²) in [5, 5.41) is 0. The van der Waals surface area contributed by atoms with E-state index in [0.717, 1.165) is 37.9 Å². The molecule has 0 unspecified atom stereocenters. The molecule has 0 N–H and O–H groups in total. The number of aryl methyl sites for hydroxylation is 1. The van der Waals surface area contributed by atoms with E-state index in [4.69, 9.17) is 0 Å². The number of halogens is 3. The van der Waals surface area contributed by atoms with Crippen LogP contribution in [0.3, 0.4) is 0 Å². The van der Waals surface area contributed by atoms with Crippen LogP contribution >= 0.6 is 0 Å². The molecule has 0 aliphatic carbocycles. The Morgan fingerprint density at radius 3 is 2.55 bits per heavy atom. The standard InChI is InChI=1S/C16H20F3N/c1-3-13-9-14(16(17,18)19)11-15(10-13)20-7-4-5-12(2)6-8-20/h9-11H,2-8H2,1H3. The number of hydrogen-bond donors (Lipinski definition) is 0. The first-order valence-corrected chi connectivity index (χ1v) is 7.03. The topological polar surface area (TPSA) is 3.24 Å². The van der Waals surface area contributed by atoms with Crippen molar-refractivity contribution in [2.75, 3.05) is 18.0 Å². The van der Waals surface area contributed by atoms with Gasteiger partial charge < -0.3 is 4.90 Å². The van der Waals surface area contributed by atoms with Gasteiger partial charge in [-0.05, 0) is 49.4 Å². The highest BCUT2D eigenvalue weighted by molar-refractivity contribution is 5.52. The molecule has 0 spiro atoms. The van der Waals surface area contributed by atoms with E-state index in [9.17, 15) is 13.2 Å². The summed E-state index contributed by atoms with van der Waals surface area (Å²) in [5.41, 5.74) is 2.06. The van der Waals surface area contributed by atoms with Crippen LogP contribution in [0.5, 0.6) is 0 Å². The van der Waals surface area contributed by atoms with E-state index in [1.165, 1.54) is 17.7 Å². The first-order chi connectivity index (χ1) is 9.40. The molecule has 1 fully saturated rings. The van der Waals surface area contributed by atoms with Crippen LogP contribution in [0, 0.1) is 0 Å². The Kier molecular flexibility index (Phi) is 4.41. The number of alkyl halides is 3. The van der Waals surface area contributed by atoms with E-state index in [1.54, 1.807) is 0 Å². The predicted octanol–water partition coefficient (Wildman–Crippen LogP) is 4.81. The van der Waals surface area contributed by atoms with Crippen molar-refractivity contribution in [2.24, 2.45) is 0 Å². The molecule has 0 atom stereocenters. The van der Waals surface area contributed by atoms with Gasteiger partial charge in [-0.25, -0.2) is 0 Å². The van der Waals surface area contributed by atoms with E-state index in [1.807, 2.05) is 17.9 Å². The first-order valence-electron chi connectivity index (χ1n) is 7.03. The summed E-state index contributed by atoms with van der Waals surface area (Å²) in [6.07, 6.45) is -0.892. The van der Waals surface area contributed by atoms with Crippen LogP contribution in [-0.2, 0) is 12.6 Å². The molecule has 1 aromatic rings. The molecule has 1 heterocycles. The summed E-state index contributed by atoms with van der Waals surface area (Å²) in [7, 11) is 0. The van der Waals surface area contributed by atoms with Crippen molar-refractivity contribution >= 4 is 5.69 Å². The lowest BCUT2D eigenvalue weighted by Crippen LogP contribution is -2.24. The average Bonchev–Trinajstić information content (AvgIpc) is 2.62. The van der Waals surface area contributed by atoms with Crippen LogP contribution in [0.4, 0.5) is 18.9 Å². The van der Waals surface area contributed by atoms with Gasteiger partial charge in [0.1, 0.15) is 0 Å². The summed E-state index contributed by atoms with van der Waals surface area (Å²) < 4.78 is 38.9. The van der Waals surface area contributed by atoms with Crippen LogP contribution < -0.4 is 4.90 Å². The van der Waals surface area contributed by atoms with Gasteiger partial charge in [-0.3, -0.25) is 0 Å². The van der Waals surface area contributed by atoms with Gasteiger partial charge in [-0.15, -0.1) is 0 Å². The van der Waals surface area contributed by atoms with E-state index in [0.29, 0.717) is 12.1 Å². The predicted molar refractivity (Wildman–Crippen MR) is 76.0 cm³/mol. The highest BCUT2D eigenvalue weighted by Crippen LogP contribution is 2.34. The van der Waals surface area contributed by atoms with Crippen molar-refractivity contribution in [1.82, 2.24) is 0 Å². The monoisotopic (exact) mass is 283 g/mol. The molecule has 0 bridgehead atoms. The van der Waals surface area contributed by atoms with Crippen LogP contribution in [0.25, 0.3) is 0 Å². The lowest BCUT2D eigenvalue weighted by molar-refractivity contribution is -0.137. The highest BCUT2D eigenvalue weighted by Gasteiger charge is 2.31. The zero-order chi connectivity index (χ0) is 14.8. The molecule has 1 nitrogen and oxygen atoms in total. The molecule has 110 valence electrons. The Bertz CT molecular complexity index is 491. The molecule has 0 radical (unpaired) electrons. The second-order valence-corrected chi connectivity index (χ2v) is 5.33. The smallest absolute Gasteiger partial charge is 0.371 e. The van der Waals surface area contributed by atoms with Crippen LogP contribution in [0.15, 0.2) is 30.4 Å². The molecule has 0 aromatic heterocycles. The van der Waals surface area contributed by atoms with Crippen molar-refractivity contribution in [3.63, 3.8) is 0 Å². The third-order valence-electron chi connectivity index (χ3n) is 3.77. The fourth-order valence-corrected chi connectivity index (χ4v) is 2.53. The van der Waals surface area contributed by atoms with Gasteiger partial charge in [-0.1, -0.05) is 19.1 Å². The Labute approximate surface area is 118 Å². The average molecular weight is 283 g/mol. The van der Waals surface area contributed by atoms with E-state index in [-0.39, 0.29) is 0 Å². The van der Waals surface area contributed by atoms with Crippen LogP contribution in [0.2, 0.25) is 0 Å². The molecule has 20 heavy (non-hydrogen) atoms. The fraction of sp³-hybridized carbons (Fsp3) is 0.500. The number of rotatable bonds is 2. The summed E-state index contributed by atoms with van der Waals surface area (Å²) in [5.74, 6) is 0. The number of benzene rings is 1. The molecule has 2 rings (SSSR count). The molecule has 1 aliphatic heterocycles. The largest absolute Gasteiger partial charge is 0.416 e. The van der Waals surface area contributed by atoms with Gasteiger partial charge >= 0.3 is 6.18 Å². The summed E-state index contributed by atoms with van der Waals surface area (Å²) in [4.78, 5) is 2.05. The van der Waals surface area contributed by atoms with Gasteiger partial charge in [0.15, 0.2) is 0 Å². The zero-order valence-corrected chi connectivity index (χ0v) is 11.8. The van der Waals surface area contributed by atoms with Crippen molar-refractivity contribution in [1.29, 1.82) is 0 Å². The molecule has 4 heteroatoms. The Balaban J connectivity index is 2.32. The maximum atomic E-state index is 13.0. The Morgan fingerprint density at radius 1 is 1.15 bits per heavy atom. The van der Waals surface area contributed by atoms with Gasteiger partial charge in [0, 0.05) is 18.8 Å². The van der Waals surface area contributed by atoms with E-state index >= 15 is 0 Å². The maximum absolute atomic E-state index is 13.0. The number of hydrogen-bond acceptors (Lipinski definition) is 1.